The van der Waals surface area contributed by atoms with E-state index in [4.69, 9.17) is 9.47 Å². The van der Waals surface area contributed by atoms with Gasteiger partial charge in [0.25, 0.3) is 0 Å². The fourth-order valence-corrected chi connectivity index (χ4v) is 4.04. The van der Waals surface area contributed by atoms with Gasteiger partial charge in [0.05, 0.1) is 7.11 Å². The van der Waals surface area contributed by atoms with Gasteiger partial charge in [0.15, 0.2) is 11.5 Å². The number of ether oxygens (including phenoxy) is 2. The summed E-state index contributed by atoms with van der Waals surface area (Å²) in [6.45, 7) is 5.97. The first-order valence-corrected chi connectivity index (χ1v) is 10.0. The zero-order valence-electron chi connectivity index (χ0n) is 17.3. The van der Waals surface area contributed by atoms with E-state index in [-0.39, 0.29) is 11.6 Å². The van der Waals surface area contributed by atoms with Crippen molar-refractivity contribution in [3.63, 3.8) is 0 Å². The average Bonchev–Trinajstić information content (AvgIpc) is 2.64. The van der Waals surface area contributed by atoms with Gasteiger partial charge < -0.3 is 19.7 Å². The molecule has 1 aliphatic rings. The first-order valence-electron chi connectivity index (χ1n) is 10.0. The minimum Gasteiger partial charge on any atom is -0.504 e. The first-order chi connectivity index (χ1) is 13.8. The number of hydrogen-bond acceptors (Lipinski definition) is 5. The van der Waals surface area contributed by atoms with Gasteiger partial charge in [0.2, 0.25) is 0 Å². The zero-order valence-corrected chi connectivity index (χ0v) is 17.3. The first kappa shape index (κ1) is 21.4. The fourth-order valence-electron chi connectivity index (χ4n) is 4.04. The average molecular weight is 403 g/mol. The maximum absolute atomic E-state index is 13.6. The lowest BCUT2D eigenvalue weighted by Crippen LogP contribution is -2.58. The second-order valence-corrected chi connectivity index (χ2v) is 8.26. The minimum absolute atomic E-state index is 0.103. The van der Waals surface area contributed by atoms with Crippen LogP contribution in [0.15, 0.2) is 42.5 Å². The number of methoxy groups -OCH3 is 1. The van der Waals surface area contributed by atoms with E-state index in [0.717, 1.165) is 5.56 Å². The Kier molecular flexibility index (Phi) is 6.65. The number of hydrogen-bond donors (Lipinski definition) is 2. The molecule has 5 nitrogen and oxygen atoms in total. The van der Waals surface area contributed by atoms with Gasteiger partial charge in [-0.25, -0.2) is 4.39 Å². The van der Waals surface area contributed by atoms with E-state index in [2.05, 4.69) is 18.7 Å². The minimum atomic E-state index is -0.973. The predicted molar refractivity (Wildman–Crippen MR) is 110 cm³/mol. The van der Waals surface area contributed by atoms with E-state index < -0.39 is 11.7 Å². The van der Waals surface area contributed by atoms with Crippen molar-refractivity contribution in [1.29, 1.82) is 0 Å². The molecule has 0 bridgehead atoms. The topological polar surface area (TPSA) is 62.2 Å². The highest BCUT2D eigenvalue weighted by atomic mass is 19.1. The molecule has 0 unspecified atom stereocenters. The van der Waals surface area contributed by atoms with Gasteiger partial charge in [0, 0.05) is 25.7 Å². The van der Waals surface area contributed by atoms with E-state index in [1.54, 1.807) is 24.3 Å². The Morgan fingerprint density at radius 3 is 2.69 bits per heavy atom. The fraction of sp³-hybridized carbons (Fsp3) is 0.478. The lowest BCUT2D eigenvalue weighted by atomic mass is 9.81. The third kappa shape index (κ3) is 5.40. The number of likely N-dealkylation sites (tertiary alicyclic amines) is 1. The highest BCUT2D eigenvalue weighted by Crippen LogP contribution is 2.34. The second-order valence-electron chi connectivity index (χ2n) is 8.26. The van der Waals surface area contributed by atoms with Gasteiger partial charge >= 0.3 is 0 Å². The van der Waals surface area contributed by atoms with Crippen LogP contribution in [0.1, 0.15) is 32.3 Å². The van der Waals surface area contributed by atoms with Crippen LogP contribution in [0.4, 0.5) is 4.39 Å². The van der Waals surface area contributed by atoms with Crippen molar-refractivity contribution in [2.45, 2.75) is 44.9 Å². The maximum atomic E-state index is 13.6. The molecular weight excluding hydrogens is 373 g/mol. The molecule has 0 aliphatic carbocycles. The Morgan fingerprint density at radius 2 is 2.03 bits per heavy atom. The Labute approximate surface area is 171 Å². The third-order valence-electron chi connectivity index (χ3n) is 5.37. The number of benzene rings is 2. The van der Waals surface area contributed by atoms with Crippen molar-refractivity contribution in [3.8, 4) is 17.2 Å². The summed E-state index contributed by atoms with van der Waals surface area (Å²) in [6, 6.07) is 11.4. The van der Waals surface area contributed by atoms with Crippen molar-refractivity contribution in [2.75, 3.05) is 20.2 Å². The molecule has 3 rings (SSSR count). The van der Waals surface area contributed by atoms with Crippen molar-refractivity contribution in [3.05, 3.63) is 53.8 Å². The number of nitrogens with zero attached hydrogens (tertiary/aromatic N) is 1. The summed E-state index contributed by atoms with van der Waals surface area (Å²) in [7, 11) is 1.52. The zero-order chi connectivity index (χ0) is 21.0. The summed E-state index contributed by atoms with van der Waals surface area (Å²) >= 11 is 0. The molecule has 0 aromatic heterocycles. The Balaban J connectivity index is 1.76. The van der Waals surface area contributed by atoms with Crippen molar-refractivity contribution >= 4 is 0 Å². The summed E-state index contributed by atoms with van der Waals surface area (Å²) in [5.74, 6) is 0.901. The van der Waals surface area contributed by atoms with Gasteiger partial charge in [-0.2, -0.15) is 0 Å². The second kappa shape index (κ2) is 9.01. The molecule has 2 aromatic rings. The molecule has 6 heteroatoms. The smallest absolute Gasteiger partial charge is 0.160 e. The largest absolute Gasteiger partial charge is 0.504 e. The highest BCUT2D eigenvalue weighted by molar-refractivity contribution is 5.41. The van der Waals surface area contributed by atoms with Crippen molar-refractivity contribution < 1.29 is 24.1 Å². The Bertz CT molecular complexity index is 828. The molecule has 1 fully saturated rings. The van der Waals surface area contributed by atoms with Crippen LogP contribution >= 0.6 is 0 Å². The van der Waals surface area contributed by atoms with Crippen LogP contribution in [0.3, 0.4) is 0 Å². The number of halogens is 1. The molecule has 158 valence electrons. The van der Waals surface area contributed by atoms with Gasteiger partial charge in [-0.3, -0.25) is 4.90 Å². The van der Waals surface area contributed by atoms with Gasteiger partial charge in [-0.05, 0) is 48.6 Å². The summed E-state index contributed by atoms with van der Waals surface area (Å²) < 4.78 is 24.8. The number of phenols is 1. The standard InChI is InChI=1S/C23H30FNO4/c1-16(2)13-23(27)9-10-25(14-17-7-8-21(28-3)20(26)11-17)15-22(23)29-19-6-4-5-18(24)12-19/h4-8,11-12,16,22,26-27H,9-10,13-15H2,1-3H3/t22-,23+/m0/s1. The molecule has 2 aromatic carbocycles. The molecule has 0 spiro atoms. The molecule has 1 aliphatic heterocycles. The quantitative estimate of drug-likeness (QED) is 0.733. The van der Waals surface area contributed by atoms with Crippen LogP contribution in [0.25, 0.3) is 0 Å². The molecule has 0 amide bonds. The summed E-state index contributed by atoms with van der Waals surface area (Å²) in [4.78, 5) is 2.18. The monoisotopic (exact) mass is 403 g/mol. The predicted octanol–water partition coefficient (Wildman–Crippen LogP) is 3.97. The van der Waals surface area contributed by atoms with Crippen LogP contribution in [0, 0.1) is 11.7 Å². The molecule has 2 N–H and O–H groups in total. The summed E-state index contributed by atoms with van der Waals surface area (Å²) in [5.41, 5.74) is -0.0268. The number of phenolic OH excluding ortho intramolecular Hbond substituents is 1. The summed E-state index contributed by atoms with van der Waals surface area (Å²) in [5, 5.41) is 21.4. The van der Waals surface area contributed by atoms with Gasteiger partial charge in [-0.15, -0.1) is 0 Å². The van der Waals surface area contributed by atoms with Gasteiger partial charge in [0.1, 0.15) is 23.3 Å². The molecule has 2 atom stereocenters. The SMILES string of the molecule is COc1ccc(CN2CC[C@@](O)(CC(C)C)[C@@H](Oc3cccc(F)c3)C2)cc1O. The number of aromatic hydroxyl groups is 1. The normalized spacial score (nSPS) is 22.6. The number of rotatable bonds is 7. The Morgan fingerprint density at radius 1 is 1.24 bits per heavy atom. The van der Waals surface area contributed by atoms with Crippen LogP contribution in [-0.4, -0.2) is 47.0 Å². The Hall–Kier alpha value is -2.31. The van der Waals surface area contributed by atoms with Crippen LogP contribution in [-0.2, 0) is 6.54 Å². The van der Waals surface area contributed by atoms with E-state index in [1.165, 1.54) is 19.2 Å². The lowest BCUT2D eigenvalue weighted by Gasteiger charge is -2.45. The van der Waals surface area contributed by atoms with E-state index in [1.807, 2.05) is 6.07 Å². The van der Waals surface area contributed by atoms with E-state index >= 15 is 0 Å². The van der Waals surface area contributed by atoms with Crippen LogP contribution in [0.5, 0.6) is 17.2 Å². The molecular formula is C23H30FNO4. The molecule has 0 radical (unpaired) electrons. The summed E-state index contributed by atoms with van der Waals surface area (Å²) in [6.07, 6.45) is 0.699. The highest BCUT2D eigenvalue weighted by Gasteiger charge is 2.43. The van der Waals surface area contributed by atoms with Crippen molar-refractivity contribution in [2.24, 2.45) is 5.92 Å². The number of piperidine rings is 1. The molecule has 0 saturated carbocycles. The van der Waals surface area contributed by atoms with Crippen LogP contribution < -0.4 is 9.47 Å². The lowest BCUT2D eigenvalue weighted by molar-refractivity contribution is -0.118. The number of aliphatic hydroxyl groups is 1. The van der Waals surface area contributed by atoms with Crippen molar-refractivity contribution in [1.82, 2.24) is 4.90 Å². The van der Waals surface area contributed by atoms with E-state index in [0.29, 0.717) is 49.9 Å². The molecule has 1 saturated heterocycles. The van der Waals surface area contributed by atoms with Gasteiger partial charge in [-0.1, -0.05) is 26.0 Å². The third-order valence-corrected chi connectivity index (χ3v) is 5.37. The van der Waals surface area contributed by atoms with Crippen LogP contribution in [0.2, 0.25) is 0 Å². The maximum Gasteiger partial charge on any atom is 0.160 e. The van der Waals surface area contributed by atoms with E-state index in [9.17, 15) is 14.6 Å². The molecule has 29 heavy (non-hydrogen) atoms. The molecule has 1 heterocycles.